The summed E-state index contributed by atoms with van der Waals surface area (Å²) in [5, 5.41) is 8.71. The first-order valence-electron chi connectivity index (χ1n) is 7.03. The molecular weight excluding hydrogens is 257 g/mol. The lowest BCUT2D eigenvalue weighted by molar-refractivity contribution is -0.131. The lowest BCUT2D eigenvalue weighted by Gasteiger charge is -2.22. The van der Waals surface area contributed by atoms with Crippen molar-refractivity contribution in [3.8, 4) is 0 Å². The van der Waals surface area contributed by atoms with E-state index in [1.165, 1.54) is 31.1 Å². The summed E-state index contributed by atoms with van der Waals surface area (Å²) >= 11 is 0. The second-order valence-corrected chi connectivity index (χ2v) is 5.22. The fraction of sp³-hybridized carbons (Fsp3) is 0.438. The monoisotopic (exact) mass is 277 g/mol. The number of nitrogens with zero attached hydrogens (tertiary/aromatic N) is 1. The summed E-state index contributed by atoms with van der Waals surface area (Å²) in [6, 6.07) is 5.22. The van der Waals surface area contributed by atoms with Gasteiger partial charge in [0.15, 0.2) is 0 Å². The molecule has 20 heavy (non-hydrogen) atoms. The van der Waals surface area contributed by atoms with Crippen LogP contribution in [-0.4, -0.2) is 28.6 Å². The Morgan fingerprint density at radius 1 is 1.50 bits per heavy atom. The highest BCUT2D eigenvalue weighted by molar-refractivity contribution is 5.85. The number of carboxylic acid groups (broad SMARTS) is 1. The maximum Gasteiger partial charge on any atom is 0.328 e. The Balaban J connectivity index is 2.18. The summed E-state index contributed by atoms with van der Waals surface area (Å²) < 4.78 is 13.3. The molecule has 0 saturated heterocycles. The SMILES string of the molecule is CCCN(Cc1ccc(F)cc1C=CC(=O)O)C1CC1. The minimum Gasteiger partial charge on any atom is -0.478 e. The van der Waals surface area contributed by atoms with Gasteiger partial charge in [-0.2, -0.15) is 0 Å². The van der Waals surface area contributed by atoms with Crippen LogP contribution in [0.15, 0.2) is 24.3 Å². The average molecular weight is 277 g/mol. The van der Waals surface area contributed by atoms with Gasteiger partial charge in [-0.25, -0.2) is 9.18 Å². The Labute approximate surface area is 118 Å². The van der Waals surface area contributed by atoms with Crippen LogP contribution in [0, 0.1) is 5.82 Å². The van der Waals surface area contributed by atoms with Crippen LogP contribution < -0.4 is 0 Å². The van der Waals surface area contributed by atoms with E-state index in [1.54, 1.807) is 6.07 Å². The minimum atomic E-state index is -1.02. The number of rotatable bonds is 7. The van der Waals surface area contributed by atoms with Crippen molar-refractivity contribution < 1.29 is 14.3 Å². The first-order valence-corrected chi connectivity index (χ1v) is 7.03. The van der Waals surface area contributed by atoms with Gasteiger partial charge >= 0.3 is 5.97 Å². The molecule has 4 heteroatoms. The maximum atomic E-state index is 13.3. The molecule has 1 aromatic carbocycles. The van der Waals surface area contributed by atoms with Crippen molar-refractivity contribution in [1.82, 2.24) is 4.90 Å². The van der Waals surface area contributed by atoms with Crippen LogP contribution in [0.2, 0.25) is 0 Å². The molecule has 0 heterocycles. The Hall–Kier alpha value is -1.68. The summed E-state index contributed by atoms with van der Waals surface area (Å²) in [5.74, 6) is -1.36. The fourth-order valence-corrected chi connectivity index (χ4v) is 2.36. The van der Waals surface area contributed by atoms with Gasteiger partial charge in [0.25, 0.3) is 0 Å². The molecule has 0 unspecified atom stereocenters. The number of carbonyl (C=O) groups is 1. The highest BCUT2D eigenvalue weighted by Crippen LogP contribution is 2.29. The lowest BCUT2D eigenvalue weighted by atomic mass is 10.1. The van der Waals surface area contributed by atoms with E-state index in [-0.39, 0.29) is 5.82 Å². The number of benzene rings is 1. The molecule has 0 bridgehead atoms. The third kappa shape index (κ3) is 4.17. The third-order valence-corrected chi connectivity index (χ3v) is 3.46. The first-order chi connectivity index (χ1) is 9.60. The van der Waals surface area contributed by atoms with E-state index in [2.05, 4.69) is 11.8 Å². The molecule has 3 nitrogen and oxygen atoms in total. The second kappa shape index (κ2) is 6.66. The van der Waals surface area contributed by atoms with Crippen molar-refractivity contribution in [1.29, 1.82) is 0 Å². The van der Waals surface area contributed by atoms with Crippen LogP contribution >= 0.6 is 0 Å². The first kappa shape index (κ1) is 14.7. The third-order valence-electron chi connectivity index (χ3n) is 3.46. The highest BCUT2D eigenvalue weighted by atomic mass is 19.1. The van der Waals surface area contributed by atoms with Crippen LogP contribution in [0.3, 0.4) is 0 Å². The van der Waals surface area contributed by atoms with E-state index in [9.17, 15) is 9.18 Å². The normalized spacial score (nSPS) is 15.2. The Bertz CT molecular complexity index is 509. The molecule has 1 fully saturated rings. The van der Waals surface area contributed by atoms with Crippen molar-refractivity contribution >= 4 is 12.0 Å². The van der Waals surface area contributed by atoms with E-state index in [0.29, 0.717) is 11.6 Å². The molecular formula is C16H20FNO2. The lowest BCUT2D eigenvalue weighted by Crippen LogP contribution is -2.26. The molecule has 1 N–H and O–H groups in total. The van der Waals surface area contributed by atoms with Crippen LogP contribution in [0.1, 0.15) is 37.3 Å². The fourth-order valence-electron chi connectivity index (χ4n) is 2.36. The summed E-state index contributed by atoms with van der Waals surface area (Å²) in [7, 11) is 0. The van der Waals surface area contributed by atoms with Crippen LogP contribution in [0.4, 0.5) is 4.39 Å². The van der Waals surface area contributed by atoms with Gasteiger partial charge in [-0.15, -0.1) is 0 Å². The van der Waals surface area contributed by atoms with E-state index in [0.717, 1.165) is 31.1 Å². The van der Waals surface area contributed by atoms with Crippen LogP contribution in [0.5, 0.6) is 0 Å². The molecule has 1 saturated carbocycles. The summed E-state index contributed by atoms with van der Waals surface area (Å²) in [6.07, 6.45) is 6.05. The standard InChI is InChI=1S/C16H20FNO2/c1-2-9-18(15-6-7-15)11-13-3-5-14(17)10-12(13)4-8-16(19)20/h3-5,8,10,15H,2,6-7,9,11H2,1H3,(H,19,20). The molecule has 0 aliphatic heterocycles. The number of aliphatic carboxylic acids is 1. The van der Waals surface area contributed by atoms with Crippen molar-refractivity contribution in [3.05, 3.63) is 41.2 Å². The molecule has 2 rings (SSSR count). The van der Waals surface area contributed by atoms with Crippen LogP contribution in [-0.2, 0) is 11.3 Å². The topological polar surface area (TPSA) is 40.5 Å². The van der Waals surface area contributed by atoms with Crippen LogP contribution in [0.25, 0.3) is 6.08 Å². The number of carboxylic acids is 1. The van der Waals surface area contributed by atoms with E-state index < -0.39 is 5.97 Å². The average Bonchev–Trinajstić information content (AvgIpc) is 3.22. The van der Waals surface area contributed by atoms with E-state index in [4.69, 9.17) is 5.11 Å². The van der Waals surface area contributed by atoms with Gasteiger partial charge in [0.2, 0.25) is 0 Å². The second-order valence-electron chi connectivity index (χ2n) is 5.22. The molecule has 1 aliphatic rings. The number of hydrogen-bond acceptors (Lipinski definition) is 2. The maximum absolute atomic E-state index is 13.3. The van der Waals surface area contributed by atoms with E-state index in [1.807, 2.05) is 0 Å². The molecule has 108 valence electrons. The summed E-state index contributed by atoms with van der Waals surface area (Å²) in [6.45, 7) is 3.91. The molecule has 0 amide bonds. The Morgan fingerprint density at radius 2 is 2.25 bits per heavy atom. The zero-order valence-corrected chi connectivity index (χ0v) is 11.7. The number of hydrogen-bond donors (Lipinski definition) is 1. The van der Waals surface area contributed by atoms with Gasteiger partial charge in [-0.1, -0.05) is 13.0 Å². The summed E-state index contributed by atoms with van der Waals surface area (Å²) in [4.78, 5) is 13.0. The Kier molecular flexibility index (Phi) is 4.90. The van der Waals surface area contributed by atoms with Crippen molar-refractivity contribution in [2.75, 3.05) is 6.54 Å². The van der Waals surface area contributed by atoms with Crippen molar-refractivity contribution in [2.24, 2.45) is 0 Å². The van der Waals surface area contributed by atoms with Gasteiger partial charge in [0.05, 0.1) is 0 Å². The summed E-state index contributed by atoms with van der Waals surface area (Å²) in [5.41, 5.74) is 1.62. The zero-order chi connectivity index (χ0) is 14.5. The van der Waals surface area contributed by atoms with E-state index >= 15 is 0 Å². The molecule has 1 aliphatic carbocycles. The van der Waals surface area contributed by atoms with Gasteiger partial charge in [0, 0.05) is 18.7 Å². The van der Waals surface area contributed by atoms with Gasteiger partial charge < -0.3 is 5.11 Å². The zero-order valence-electron chi connectivity index (χ0n) is 11.7. The van der Waals surface area contributed by atoms with Gasteiger partial charge in [0.1, 0.15) is 5.82 Å². The Morgan fingerprint density at radius 3 is 2.85 bits per heavy atom. The molecule has 0 aromatic heterocycles. The van der Waals surface area contributed by atoms with Crippen molar-refractivity contribution in [2.45, 2.75) is 38.8 Å². The molecule has 0 spiro atoms. The predicted molar refractivity (Wildman–Crippen MR) is 76.8 cm³/mol. The van der Waals surface area contributed by atoms with Crippen molar-refractivity contribution in [3.63, 3.8) is 0 Å². The smallest absolute Gasteiger partial charge is 0.328 e. The quantitative estimate of drug-likeness (QED) is 0.777. The minimum absolute atomic E-state index is 0.341. The molecule has 0 radical (unpaired) electrons. The number of halogens is 1. The van der Waals surface area contributed by atoms with Gasteiger partial charge in [-0.3, -0.25) is 4.90 Å². The largest absolute Gasteiger partial charge is 0.478 e. The molecule has 1 aromatic rings. The molecule has 0 atom stereocenters. The van der Waals surface area contributed by atoms with Gasteiger partial charge in [-0.05, 0) is 55.1 Å². The predicted octanol–water partition coefficient (Wildman–Crippen LogP) is 3.30. The highest BCUT2D eigenvalue weighted by Gasteiger charge is 2.28.